The molecule has 166 valence electrons. The van der Waals surface area contributed by atoms with Crippen LogP contribution in [0.1, 0.15) is 60.3 Å². The Morgan fingerprint density at radius 1 is 0.931 bits per heavy atom. The quantitative estimate of drug-likeness (QED) is 0.334. The maximum Gasteiger partial charge on any atom is 0.256 e. The maximum absolute atomic E-state index is 12.0. The number of carbonyl (C=O) groups is 2. The molecule has 0 radical (unpaired) electrons. The highest BCUT2D eigenvalue weighted by atomic mass is 32.2. The van der Waals surface area contributed by atoms with E-state index >= 15 is 0 Å². The van der Waals surface area contributed by atoms with Crippen LogP contribution in [0.25, 0.3) is 0 Å². The molecule has 6 nitrogen and oxygen atoms in total. The molecule has 0 aliphatic heterocycles. The van der Waals surface area contributed by atoms with E-state index in [1.165, 1.54) is 35.4 Å². The van der Waals surface area contributed by atoms with Crippen molar-refractivity contribution in [3.8, 4) is 0 Å². The second kappa shape index (κ2) is 14.4. The van der Waals surface area contributed by atoms with E-state index in [0.717, 1.165) is 31.9 Å². The third-order valence-electron chi connectivity index (χ3n) is 3.94. The van der Waals surface area contributed by atoms with Gasteiger partial charge in [0.2, 0.25) is 15.9 Å². The number of thioether (sulfide) groups is 1. The fourth-order valence-electron chi connectivity index (χ4n) is 2.41. The van der Waals surface area contributed by atoms with Crippen LogP contribution in [0.3, 0.4) is 0 Å². The minimum Gasteiger partial charge on any atom is -0.344 e. The van der Waals surface area contributed by atoms with Gasteiger partial charge in [-0.3, -0.25) is 14.3 Å². The summed E-state index contributed by atoms with van der Waals surface area (Å²) in [5, 5.41) is 2.49. The summed E-state index contributed by atoms with van der Waals surface area (Å²) in [6.07, 6.45) is 11.7. The van der Waals surface area contributed by atoms with Crippen LogP contribution in [0.4, 0.5) is 0 Å². The molecule has 0 bridgehead atoms. The molecular formula is C21H36N2O4S2. The van der Waals surface area contributed by atoms with Gasteiger partial charge in [-0.15, -0.1) is 0 Å². The second-order valence-electron chi connectivity index (χ2n) is 7.49. The molecule has 0 aromatic rings. The van der Waals surface area contributed by atoms with Gasteiger partial charge in [-0.05, 0) is 53.4 Å². The van der Waals surface area contributed by atoms with E-state index in [4.69, 9.17) is 0 Å². The highest BCUT2D eigenvalue weighted by Gasteiger charge is 2.21. The normalized spacial score (nSPS) is 13.6. The Morgan fingerprint density at radius 2 is 1.48 bits per heavy atom. The van der Waals surface area contributed by atoms with Gasteiger partial charge in [0.1, 0.15) is 6.04 Å². The average Bonchev–Trinajstić information content (AvgIpc) is 2.55. The Kier molecular flexibility index (Phi) is 13.7. The van der Waals surface area contributed by atoms with Crippen LogP contribution in [-0.2, 0) is 19.6 Å². The van der Waals surface area contributed by atoms with Crippen molar-refractivity contribution in [2.45, 2.75) is 66.3 Å². The SMILES string of the molecule is CC(=O)NC(CSCC=C(C)CCC=C(C)CCC=C(C)C)C(=O)NS(C)(=O)=O. The van der Waals surface area contributed by atoms with Crippen molar-refractivity contribution in [1.82, 2.24) is 10.0 Å². The first-order chi connectivity index (χ1) is 13.4. The van der Waals surface area contributed by atoms with Gasteiger partial charge in [-0.2, -0.15) is 11.8 Å². The minimum absolute atomic E-state index is 0.300. The monoisotopic (exact) mass is 444 g/mol. The minimum atomic E-state index is -3.66. The zero-order valence-corrected chi connectivity index (χ0v) is 20.1. The van der Waals surface area contributed by atoms with Gasteiger partial charge in [-0.1, -0.05) is 34.9 Å². The lowest BCUT2D eigenvalue weighted by Crippen LogP contribution is -2.49. The average molecular weight is 445 g/mol. The summed E-state index contributed by atoms with van der Waals surface area (Å²) >= 11 is 1.47. The van der Waals surface area contributed by atoms with Crippen molar-refractivity contribution in [2.75, 3.05) is 17.8 Å². The number of nitrogens with one attached hydrogen (secondary N) is 2. The number of amides is 2. The molecule has 0 saturated carbocycles. The highest BCUT2D eigenvalue weighted by Crippen LogP contribution is 2.13. The molecule has 0 aromatic carbocycles. The van der Waals surface area contributed by atoms with E-state index in [2.05, 4.69) is 51.2 Å². The van der Waals surface area contributed by atoms with Crippen molar-refractivity contribution in [3.63, 3.8) is 0 Å². The molecule has 8 heteroatoms. The lowest BCUT2D eigenvalue weighted by molar-refractivity contribution is -0.126. The zero-order valence-electron chi connectivity index (χ0n) is 18.5. The fraction of sp³-hybridized carbons (Fsp3) is 0.619. The fourth-order valence-corrected chi connectivity index (χ4v) is 3.92. The molecule has 0 saturated heterocycles. The predicted octanol–water partition coefficient (Wildman–Crippen LogP) is 3.72. The first-order valence-electron chi connectivity index (χ1n) is 9.71. The topological polar surface area (TPSA) is 92.3 Å². The molecule has 0 fully saturated rings. The number of rotatable bonds is 13. The van der Waals surface area contributed by atoms with Crippen molar-refractivity contribution in [2.24, 2.45) is 0 Å². The maximum atomic E-state index is 12.0. The molecule has 0 aliphatic rings. The van der Waals surface area contributed by atoms with Crippen molar-refractivity contribution in [1.29, 1.82) is 0 Å². The van der Waals surface area contributed by atoms with Crippen LogP contribution < -0.4 is 10.0 Å². The van der Waals surface area contributed by atoms with Gasteiger partial charge in [0.25, 0.3) is 5.91 Å². The standard InChI is InChI=1S/C21H36N2O4S2/c1-16(2)9-7-10-17(3)11-8-12-18(4)13-14-28-15-20(22-19(5)24)21(25)23-29(6,26)27/h9,11,13,20H,7-8,10,12,14-15H2,1-6H3,(H,22,24)(H,23,25). The van der Waals surface area contributed by atoms with E-state index < -0.39 is 22.0 Å². The van der Waals surface area contributed by atoms with Crippen molar-refractivity contribution >= 4 is 33.6 Å². The molecular weight excluding hydrogens is 408 g/mol. The van der Waals surface area contributed by atoms with Crippen LogP contribution >= 0.6 is 11.8 Å². The molecule has 1 atom stereocenters. The van der Waals surface area contributed by atoms with Crippen LogP contribution in [0.15, 0.2) is 34.9 Å². The summed E-state index contributed by atoms with van der Waals surface area (Å²) < 4.78 is 24.4. The molecule has 2 N–H and O–H groups in total. The summed E-state index contributed by atoms with van der Waals surface area (Å²) in [5.41, 5.74) is 4.02. The molecule has 0 aliphatic carbocycles. The smallest absolute Gasteiger partial charge is 0.256 e. The second-order valence-corrected chi connectivity index (χ2v) is 10.3. The molecule has 0 aromatic heterocycles. The van der Waals surface area contributed by atoms with Crippen molar-refractivity contribution < 1.29 is 18.0 Å². The third kappa shape index (κ3) is 17.1. The molecule has 29 heavy (non-hydrogen) atoms. The summed E-state index contributed by atoms with van der Waals surface area (Å²) in [7, 11) is -3.66. The van der Waals surface area contributed by atoms with Crippen molar-refractivity contribution in [3.05, 3.63) is 34.9 Å². The van der Waals surface area contributed by atoms with Gasteiger partial charge >= 0.3 is 0 Å². The van der Waals surface area contributed by atoms with E-state index in [1.54, 1.807) is 0 Å². The third-order valence-corrected chi connectivity index (χ3v) is 5.48. The lowest BCUT2D eigenvalue weighted by atomic mass is 10.1. The molecule has 2 amide bonds. The number of allylic oxidation sites excluding steroid dienone is 5. The molecule has 1 unspecified atom stereocenters. The van der Waals surface area contributed by atoms with Gasteiger partial charge in [-0.25, -0.2) is 8.42 Å². The van der Waals surface area contributed by atoms with E-state index in [-0.39, 0.29) is 5.91 Å². The van der Waals surface area contributed by atoms with Gasteiger partial charge in [0, 0.05) is 18.4 Å². The highest BCUT2D eigenvalue weighted by molar-refractivity contribution is 7.99. The predicted molar refractivity (Wildman–Crippen MR) is 123 cm³/mol. The van der Waals surface area contributed by atoms with Gasteiger partial charge in [0.05, 0.1) is 6.26 Å². The Bertz CT molecular complexity index is 734. The largest absolute Gasteiger partial charge is 0.344 e. The Labute approximate surface area is 180 Å². The Morgan fingerprint density at radius 3 is 2.00 bits per heavy atom. The van der Waals surface area contributed by atoms with Gasteiger partial charge < -0.3 is 5.32 Å². The van der Waals surface area contributed by atoms with Gasteiger partial charge in [0.15, 0.2) is 0 Å². The van der Waals surface area contributed by atoms with Crippen LogP contribution in [-0.4, -0.2) is 44.0 Å². The number of hydrogen-bond acceptors (Lipinski definition) is 5. The Hall–Kier alpha value is -1.54. The molecule has 0 heterocycles. The zero-order chi connectivity index (χ0) is 22.4. The number of hydrogen-bond donors (Lipinski definition) is 2. The summed E-state index contributed by atoms with van der Waals surface area (Å²) in [5.74, 6) is -0.104. The van der Waals surface area contributed by atoms with E-state index in [0.29, 0.717) is 11.5 Å². The molecule has 0 rings (SSSR count). The van der Waals surface area contributed by atoms with Crippen LogP contribution in [0.2, 0.25) is 0 Å². The number of carbonyl (C=O) groups excluding carboxylic acids is 2. The first kappa shape index (κ1) is 27.5. The van der Waals surface area contributed by atoms with E-state index in [1.807, 2.05) is 4.72 Å². The summed E-state index contributed by atoms with van der Waals surface area (Å²) in [6.45, 7) is 9.76. The lowest BCUT2D eigenvalue weighted by Gasteiger charge is -2.16. The summed E-state index contributed by atoms with van der Waals surface area (Å²) in [4.78, 5) is 23.3. The summed E-state index contributed by atoms with van der Waals surface area (Å²) in [6, 6.07) is -0.882. The van der Waals surface area contributed by atoms with E-state index in [9.17, 15) is 18.0 Å². The Balaban J connectivity index is 4.40. The first-order valence-corrected chi connectivity index (χ1v) is 12.8. The molecule has 0 spiro atoms. The van der Waals surface area contributed by atoms with Crippen LogP contribution in [0.5, 0.6) is 0 Å². The van der Waals surface area contributed by atoms with Crippen LogP contribution in [0, 0.1) is 0 Å². The number of sulfonamides is 1.